The highest BCUT2D eigenvalue weighted by Gasteiger charge is 2.25. The molecule has 0 N–H and O–H groups in total. The Hall–Kier alpha value is -6.24. The van der Waals surface area contributed by atoms with Crippen molar-refractivity contribution in [2.24, 2.45) is 0 Å². The van der Waals surface area contributed by atoms with E-state index in [0.717, 1.165) is 25.7 Å². The Morgan fingerprint density at radius 2 is 0.481 bits per heavy atom. The van der Waals surface area contributed by atoms with Gasteiger partial charge in [-0.1, -0.05) is 158 Å². The lowest BCUT2D eigenvalue weighted by Crippen LogP contribution is -2.02. The first kappa shape index (κ1) is 29.5. The van der Waals surface area contributed by atoms with Crippen LogP contribution in [0.5, 0.6) is 0 Å². The zero-order valence-corrected chi connectivity index (χ0v) is 29.0. The molecule has 0 atom stereocenters. The van der Waals surface area contributed by atoms with Gasteiger partial charge in [-0.2, -0.15) is 0 Å². The molecule has 0 saturated carbocycles. The number of hydrogen-bond acceptors (Lipinski definition) is 0. The second-order valence-electron chi connectivity index (χ2n) is 14.8. The SMILES string of the molecule is c1ccc2c(c1)-c1ccc(cc1)CCc1ccc3c(c1)-c1cc4ccc1-c1cc-2ccc1-c1ccc(cc1-3)-c1ccccc1-c1ccc(cc1)CC4. The Morgan fingerprint density at radius 1 is 0.192 bits per heavy atom. The summed E-state index contributed by atoms with van der Waals surface area (Å²) < 4.78 is 0. The summed E-state index contributed by atoms with van der Waals surface area (Å²) in [5, 5.41) is 0. The van der Waals surface area contributed by atoms with Crippen molar-refractivity contribution < 1.29 is 0 Å². The molecule has 244 valence electrons. The molecule has 0 heteroatoms. The van der Waals surface area contributed by atoms with Crippen LogP contribution in [-0.2, 0) is 25.7 Å². The molecular weight excluding hydrogens is 625 g/mol. The quantitative estimate of drug-likeness (QED) is 0.152. The Morgan fingerprint density at radius 3 is 0.904 bits per heavy atom. The molecule has 12 bridgehead atoms. The molecule has 8 aromatic carbocycles. The Bertz CT molecular complexity index is 2520. The van der Waals surface area contributed by atoms with Gasteiger partial charge in [-0.3, -0.25) is 0 Å². The zero-order valence-electron chi connectivity index (χ0n) is 29.0. The first-order chi connectivity index (χ1) is 25.7. The maximum Gasteiger partial charge on any atom is -0.00928 e. The third-order valence-corrected chi connectivity index (χ3v) is 11.8. The van der Waals surface area contributed by atoms with E-state index in [4.69, 9.17) is 0 Å². The van der Waals surface area contributed by atoms with Gasteiger partial charge >= 0.3 is 0 Å². The van der Waals surface area contributed by atoms with Gasteiger partial charge in [0.15, 0.2) is 0 Å². The van der Waals surface area contributed by atoms with Crippen LogP contribution in [0, 0.1) is 0 Å². The molecule has 0 spiro atoms. The summed E-state index contributed by atoms with van der Waals surface area (Å²) in [6, 6.07) is 65.4. The minimum Gasteiger partial charge on any atom is -0.0616 e. The van der Waals surface area contributed by atoms with E-state index in [1.54, 1.807) is 0 Å². The fourth-order valence-electron chi connectivity index (χ4n) is 9.00. The summed E-state index contributed by atoms with van der Waals surface area (Å²) >= 11 is 0. The number of benzene rings is 8. The van der Waals surface area contributed by atoms with Crippen molar-refractivity contribution >= 4 is 0 Å². The number of fused-ring (bicyclic) bond motifs is 7. The highest BCUT2D eigenvalue weighted by Crippen LogP contribution is 2.51. The maximum atomic E-state index is 2.51. The largest absolute Gasteiger partial charge is 0.0616 e. The van der Waals surface area contributed by atoms with E-state index in [0.29, 0.717) is 0 Å². The van der Waals surface area contributed by atoms with E-state index in [1.807, 2.05) is 0 Å². The second-order valence-corrected chi connectivity index (χ2v) is 14.8. The molecule has 52 heavy (non-hydrogen) atoms. The molecule has 0 saturated heterocycles. The van der Waals surface area contributed by atoms with Gasteiger partial charge < -0.3 is 0 Å². The Labute approximate surface area is 305 Å². The van der Waals surface area contributed by atoms with Crippen molar-refractivity contribution in [2.45, 2.75) is 25.7 Å². The molecule has 0 amide bonds. The summed E-state index contributed by atoms with van der Waals surface area (Å²) in [6.45, 7) is 0. The molecule has 0 aromatic heterocycles. The van der Waals surface area contributed by atoms with Gasteiger partial charge in [-0.05, 0) is 149 Å². The number of hydrogen-bond donors (Lipinski definition) is 0. The highest BCUT2D eigenvalue weighted by atomic mass is 14.3. The van der Waals surface area contributed by atoms with E-state index in [9.17, 15) is 0 Å². The molecule has 0 unspecified atom stereocenters. The van der Waals surface area contributed by atoms with Crippen molar-refractivity contribution in [3.05, 3.63) is 192 Å². The van der Waals surface area contributed by atoms with Gasteiger partial charge in [0.05, 0.1) is 0 Å². The average Bonchev–Trinajstić information content (AvgIpc) is 3.21. The molecule has 5 aliphatic carbocycles. The highest BCUT2D eigenvalue weighted by molar-refractivity contribution is 6.05. The van der Waals surface area contributed by atoms with Crippen molar-refractivity contribution in [3.8, 4) is 89.0 Å². The van der Waals surface area contributed by atoms with Gasteiger partial charge in [0.1, 0.15) is 0 Å². The van der Waals surface area contributed by atoms with Crippen LogP contribution in [0.1, 0.15) is 22.3 Å². The Balaban J connectivity index is 1.27. The maximum absolute atomic E-state index is 2.51. The van der Waals surface area contributed by atoms with Crippen LogP contribution in [0.2, 0.25) is 0 Å². The molecule has 8 aromatic rings. The standard InChI is InChI=1S/C52H36/c1-3-7-43-39-23-27-45-46-28-24-40-32-52(46)48-26-18-35(11-9-33-13-19-37(20-14-33)41(43)5-1)30-50(48)49-29-36(17-25-47(49)51(45)31-39)12-10-34-15-21-38(22-16-34)42-6-2-4-8-44(40)42/h1-8,13-32H,9-12H2. The summed E-state index contributed by atoms with van der Waals surface area (Å²) in [7, 11) is 0. The van der Waals surface area contributed by atoms with Crippen LogP contribution < -0.4 is 0 Å². The van der Waals surface area contributed by atoms with Crippen molar-refractivity contribution in [1.29, 1.82) is 0 Å². The predicted molar refractivity (Wildman–Crippen MR) is 218 cm³/mol. The smallest absolute Gasteiger partial charge is 0.00928 e. The summed E-state index contributed by atoms with van der Waals surface area (Å²) in [5.74, 6) is 0. The van der Waals surface area contributed by atoms with Gasteiger partial charge in [-0.25, -0.2) is 0 Å². The van der Waals surface area contributed by atoms with Crippen LogP contribution in [-0.4, -0.2) is 0 Å². The van der Waals surface area contributed by atoms with E-state index in [1.165, 1.54) is 111 Å². The van der Waals surface area contributed by atoms with Crippen LogP contribution in [0.3, 0.4) is 0 Å². The minimum absolute atomic E-state index is 0.995. The monoisotopic (exact) mass is 660 g/mol. The van der Waals surface area contributed by atoms with Crippen LogP contribution in [0.25, 0.3) is 89.0 Å². The van der Waals surface area contributed by atoms with Gasteiger partial charge in [-0.15, -0.1) is 0 Å². The topological polar surface area (TPSA) is 0 Å². The summed E-state index contributed by atoms with van der Waals surface area (Å²) in [6.07, 6.45) is 4.00. The van der Waals surface area contributed by atoms with Crippen molar-refractivity contribution in [2.75, 3.05) is 0 Å². The second kappa shape index (κ2) is 11.7. The van der Waals surface area contributed by atoms with E-state index in [-0.39, 0.29) is 0 Å². The Kier molecular flexibility index (Phi) is 6.61. The normalized spacial score (nSPS) is 13.1. The molecule has 13 rings (SSSR count). The van der Waals surface area contributed by atoms with Gasteiger partial charge in [0.2, 0.25) is 0 Å². The summed E-state index contributed by atoms with van der Waals surface area (Å²) in [4.78, 5) is 0. The molecule has 0 radical (unpaired) electrons. The van der Waals surface area contributed by atoms with Crippen molar-refractivity contribution in [3.63, 3.8) is 0 Å². The lowest BCUT2D eigenvalue weighted by molar-refractivity contribution is 0.959. The fraction of sp³-hybridized carbons (Fsp3) is 0.0769. The molecule has 0 aliphatic heterocycles. The van der Waals surface area contributed by atoms with Gasteiger partial charge in [0, 0.05) is 0 Å². The number of aryl methyl sites for hydroxylation is 4. The molecule has 0 heterocycles. The summed E-state index contributed by atoms with van der Waals surface area (Å²) in [5.41, 5.74) is 26.0. The first-order valence-corrected chi connectivity index (χ1v) is 18.7. The first-order valence-electron chi connectivity index (χ1n) is 18.7. The lowest BCUT2D eigenvalue weighted by Gasteiger charge is -2.26. The van der Waals surface area contributed by atoms with Crippen LogP contribution in [0.4, 0.5) is 0 Å². The minimum atomic E-state index is 0.995. The average molecular weight is 661 g/mol. The van der Waals surface area contributed by atoms with E-state index < -0.39 is 0 Å². The van der Waals surface area contributed by atoms with Crippen molar-refractivity contribution in [1.82, 2.24) is 0 Å². The zero-order chi connectivity index (χ0) is 34.2. The van der Waals surface area contributed by atoms with E-state index >= 15 is 0 Å². The third-order valence-electron chi connectivity index (χ3n) is 11.8. The molecule has 5 aliphatic rings. The van der Waals surface area contributed by atoms with Crippen LogP contribution in [0.15, 0.2) is 170 Å². The van der Waals surface area contributed by atoms with Crippen LogP contribution >= 0.6 is 0 Å². The molecular formula is C52H36. The fourth-order valence-corrected chi connectivity index (χ4v) is 9.00. The van der Waals surface area contributed by atoms with E-state index in [2.05, 4.69) is 170 Å². The lowest BCUT2D eigenvalue weighted by atomic mass is 9.77. The molecule has 0 fully saturated rings. The van der Waals surface area contributed by atoms with Gasteiger partial charge in [0.25, 0.3) is 0 Å². The predicted octanol–water partition coefficient (Wildman–Crippen LogP) is 13.5. The molecule has 0 nitrogen and oxygen atoms in total. The number of rotatable bonds is 0. The third kappa shape index (κ3) is 4.75.